The lowest BCUT2D eigenvalue weighted by Crippen LogP contribution is -2.44. The van der Waals surface area contributed by atoms with Crippen LogP contribution in [0.3, 0.4) is 0 Å². The molecule has 2 aliphatic rings. The van der Waals surface area contributed by atoms with Gasteiger partial charge in [0.05, 0.1) is 11.5 Å². The van der Waals surface area contributed by atoms with Gasteiger partial charge in [0.25, 0.3) is 0 Å². The van der Waals surface area contributed by atoms with E-state index in [2.05, 4.69) is 24.8 Å². The molecule has 0 radical (unpaired) electrons. The van der Waals surface area contributed by atoms with Crippen LogP contribution < -0.4 is 0 Å². The van der Waals surface area contributed by atoms with Crippen molar-refractivity contribution in [2.24, 2.45) is 11.3 Å². The number of nitrogens with zero attached hydrogens (tertiary/aromatic N) is 2. The minimum absolute atomic E-state index is 0.0166. The van der Waals surface area contributed by atoms with Crippen molar-refractivity contribution in [3.05, 3.63) is 0 Å². The molecule has 0 aromatic carbocycles. The Morgan fingerprint density at radius 3 is 2.12 bits per heavy atom. The number of hydrogen-bond acceptors (Lipinski definition) is 2. The second-order valence-electron chi connectivity index (χ2n) is 8.91. The number of unbranched alkanes of at least 4 members (excludes halogenated alkanes) is 5. The summed E-state index contributed by atoms with van der Waals surface area (Å²) in [6, 6.07) is 3.51. The smallest absolute Gasteiger partial charge is 0.0689 e. The molecule has 2 rings (SSSR count). The molecule has 0 spiro atoms. The van der Waals surface area contributed by atoms with Gasteiger partial charge in [0.15, 0.2) is 0 Å². The SMILES string of the molecule is CCCCCC[C@]1(C#N)CC[C@H](N2CCC(CCCCC)CC2)CC1. The van der Waals surface area contributed by atoms with Gasteiger partial charge in [-0.05, 0) is 64.0 Å². The highest BCUT2D eigenvalue weighted by molar-refractivity contribution is 5.03. The zero-order valence-corrected chi connectivity index (χ0v) is 17.1. The maximum Gasteiger partial charge on any atom is 0.0689 e. The minimum atomic E-state index is 0.0166. The molecule has 0 bridgehead atoms. The van der Waals surface area contributed by atoms with Gasteiger partial charge in [0.1, 0.15) is 0 Å². The summed E-state index contributed by atoms with van der Waals surface area (Å²) in [6.45, 7) is 7.20. The Hall–Kier alpha value is -0.550. The summed E-state index contributed by atoms with van der Waals surface area (Å²) < 4.78 is 0. The van der Waals surface area contributed by atoms with Gasteiger partial charge in [0.2, 0.25) is 0 Å². The van der Waals surface area contributed by atoms with Crippen LogP contribution in [0.15, 0.2) is 0 Å². The van der Waals surface area contributed by atoms with Gasteiger partial charge >= 0.3 is 0 Å². The van der Waals surface area contributed by atoms with Gasteiger partial charge in [-0.25, -0.2) is 0 Å². The molecule has 1 heterocycles. The second-order valence-corrected chi connectivity index (χ2v) is 8.91. The Labute approximate surface area is 157 Å². The van der Waals surface area contributed by atoms with Gasteiger partial charge in [-0.2, -0.15) is 5.26 Å². The van der Waals surface area contributed by atoms with E-state index in [0.717, 1.165) is 31.2 Å². The van der Waals surface area contributed by atoms with Crippen LogP contribution in [-0.4, -0.2) is 24.0 Å². The predicted octanol–water partition coefficient (Wildman–Crippen LogP) is 6.70. The third-order valence-electron chi connectivity index (χ3n) is 7.04. The van der Waals surface area contributed by atoms with Gasteiger partial charge in [-0.1, -0.05) is 65.2 Å². The molecule has 0 unspecified atom stereocenters. The first-order valence-electron chi connectivity index (χ1n) is 11.4. The Morgan fingerprint density at radius 2 is 1.52 bits per heavy atom. The first kappa shape index (κ1) is 20.8. The van der Waals surface area contributed by atoms with E-state index in [-0.39, 0.29) is 5.41 Å². The van der Waals surface area contributed by atoms with E-state index in [1.165, 1.54) is 90.1 Å². The Bertz CT molecular complexity index is 381. The van der Waals surface area contributed by atoms with E-state index in [4.69, 9.17) is 0 Å². The van der Waals surface area contributed by atoms with Crippen LogP contribution in [0.5, 0.6) is 0 Å². The molecule has 1 saturated heterocycles. The van der Waals surface area contributed by atoms with Gasteiger partial charge in [-0.15, -0.1) is 0 Å². The lowest BCUT2D eigenvalue weighted by Gasteiger charge is -2.43. The number of nitriles is 1. The third kappa shape index (κ3) is 6.59. The molecule has 1 aliphatic heterocycles. The minimum Gasteiger partial charge on any atom is -0.300 e. The first-order chi connectivity index (χ1) is 12.2. The fraction of sp³-hybridized carbons (Fsp3) is 0.957. The van der Waals surface area contributed by atoms with E-state index < -0.39 is 0 Å². The molecule has 25 heavy (non-hydrogen) atoms. The summed E-state index contributed by atoms with van der Waals surface area (Å²) in [5, 5.41) is 9.77. The van der Waals surface area contributed by atoms with Crippen molar-refractivity contribution in [1.29, 1.82) is 5.26 Å². The molecule has 2 heteroatoms. The molecule has 0 atom stereocenters. The average molecular weight is 347 g/mol. The summed E-state index contributed by atoms with van der Waals surface area (Å²) in [5.74, 6) is 0.989. The zero-order valence-electron chi connectivity index (χ0n) is 17.1. The van der Waals surface area contributed by atoms with Crippen LogP contribution in [0, 0.1) is 22.7 Å². The Balaban J connectivity index is 1.68. The molecule has 1 saturated carbocycles. The van der Waals surface area contributed by atoms with Crippen LogP contribution in [0.1, 0.15) is 110 Å². The predicted molar refractivity (Wildman–Crippen MR) is 108 cm³/mol. The molecule has 0 N–H and O–H groups in total. The molecule has 0 aromatic heterocycles. The third-order valence-corrected chi connectivity index (χ3v) is 7.04. The van der Waals surface area contributed by atoms with Gasteiger partial charge in [0, 0.05) is 6.04 Å². The van der Waals surface area contributed by atoms with Crippen LogP contribution in [-0.2, 0) is 0 Å². The van der Waals surface area contributed by atoms with Crippen molar-refractivity contribution in [2.75, 3.05) is 13.1 Å². The monoisotopic (exact) mass is 346 g/mol. The highest BCUT2D eigenvalue weighted by Gasteiger charge is 2.37. The highest BCUT2D eigenvalue weighted by atomic mass is 15.2. The van der Waals surface area contributed by atoms with E-state index in [0.29, 0.717) is 0 Å². The van der Waals surface area contributed by atoms with Crippen molar-refractivity contribution < 1.29 is 0 Å². The quantitative estimate of drug-likeness (QED) is 0.411. The summed E-state index contributed by atoms with van der Waals surface area (Å²) in [6.07, 6.45) is 19.7. The van der Waals surface area contributed by atoms with Gasteiger partial charge in [-0.3, -0.25) is 0 Å². The summed E-state index contributed by atoms with van der Waals surface area (Å²) >= 11 is 0. The molecular weight excluding hydrogens is 304 g/mol. The van der Waals surface area contributed by atoms with E-state index in [9.17, 15) is 5.26 Å². The second kappa shape index (κ2) is 11.2. The normalized spacial score (nSPS) is 28.8. The zero-order chi connectivity index (χ0) is 18.0. The largest absolute Gasteiger partial charge is 0.300 e. The molecule has 144 valence electrons. The topological polar surface area (TPSA) is 27.0 Å². The molecular formula is C23H42N2. The van der Waals surface area contributed by atoms with Crippen LogP contribution in [0.4, 0.5) is 0 Å². The Morgan fingerprint density at radius 1 is 0.880 bits per heavy atom. The Kier molecular flexibility index (Phi) is 9.32. The van der Waals surface area contributed by atoms with Crippen LogP contribution >= 0.6 is 0 Å². The van der Waals surface area contributed by atoms with Crippen molar-refractivity contribution in [3.63, 3.8) is 0 Å². The maximum atomic E-state index is 9.77. The molecule has 0 aromatic rings. The maximum absolute atomic E-state index is 9.77. The van der Waals surface area contributed by atoms with E-state index in [1.807, 2.05) is 0 Å². The molecule has 2 fully saturated rings. The van der Waals surface area contributed by atoms with Crippen LogP contribution in [0.25, 0.3) is 0 Å². The number of hydrogen-bond donors (Lipinski definition) is 0. The van der Waals surface area contributed by atoms with Crippen molar-refractivity contribution in [3.8, 4) is 6.07 Å². The standard InChI is InChI=1S/C23H42N2/c1-3-5-7-9-15-23(20-24)16-11-22(12-17-23)25-18-13-21(14-19-25)10-8-6-4-2/h21-22H,3-19H2,1-2H3/t22-,23-. The lowest BCUT2D eigenvalue weighted by atomic mass is 9.70. The van der Waals surface area contributed by atoms with Gasteiger partial charge < -0.3 is 4.90 Å². The van der Waals surface area contributed by atoms with Crippen molar-refractivity contribution >= 4 is 0 Å². The highest BCUT2D eigenvalue weighted by Crippen LogP contribution is 2.42. The fourth-order valence-corrected chi connectivity index (χ4v) is 5.12. The van der Waals surface area contributed by atoms with Crippen LogP contribution in [0.2, 0.25) is 0 Å². The van der Waals surface area contributed by atoms with E-state index >= 15 is 0 Å². The fourth-order valence-electron chi connectivity index (χ4n) is 5.12. The summed E-state index contributed by atoms with van der Waals surface area (Å²) in [7, 11) is 0. The van der Waals surface area contributed by atoms with E-state index in [1.54, 1.807) is 0 Å². The first-order valence-corrected chi connectivity index (χ1v) is 11.4. The average Bonchev–Trinajstić information content (AvgIpc) is 2.67. The summed E-state index contributed by atoms with van der Waals surface area (Å²) in [5.41, 5.74) is 0.0166. The molecule has 2 nitrogen and oxygen atoms in total. The molecule has 0 amide bonds. The number of piperidine rings is 1. The molecule has 1 aliphatic carbocycles. The lowest BCUT2D eigenvalue weighted by molar-refractivity contribution is 0.0754. The number of likely N-dealkylation sites (tertiary alicyclic amines) is 1. The summed E-state index contributed by atoms with van der Waals surface area (Å²) in [4.78, 5) is 2.77. The van der Waals surface area contributed by atoms with Crippen molar-refractivity contribution in [1.82, 2.24) is 4.90 Å². The van der Waals surface area contributed by atoms with Crippen molar-refractivity contribution in [2.45, 2.75) is 116 Å². The number of rotatable bonds is 10.